The number of carbonyl (C=O) groups excluding carboxylic acids is 1. The van der Waals surface area contributed by atoms with Crippen LogP contribution in [0.1, 0.15) is 24.4 Å². The van der Waals surface area contributed by atoms with E-state index in [1.54, 1.807) is 30.3 Å². The highest BCUT2D eigenvalue weighted by Gasteiger charge is 2.29. The highest BCUT2D eigenvalue weighted by atomic mass is 35.5. The van der Waals surface area contributed by atoms with Crippen molar-refractivity contribution in [1.82, 2.24) is 9.62 Å². The lowest BCUT2D eigenvalue weighted by molar-refractivity contribution is -0.122. The summed E-state index contributed by atoms with van der Waals surface area (Å²) in [4.78, 5) is 12.6. The molecule has 3 rings (SSSR count). The Morgan fingerprint density at radius 3 is 2.14 bits per heavy atom. The molecule has 3 N–H and O–H groups in total. The van der Waals surface area contributed by atoms with E-state index >= 15 is 0 Å². The third-order valence-corrected chi connectivity index (χ3v) is 6.87. The smallest absolute Gasteiger partial charge is 0.243 e. The van der Waals surface area contributed by atoms with Crippen LogP contribution >= 0.6 is 12.4 Å². The minimum atomic E-state index is -3.44. The summed E-state index contributed by atoms with van der Waals surface area (Å²) in [5.74, 6) is 0.0414. The van der Waals surface area contributed by atoms with Crippen molar-refractivity contribution in [2.24, 2.45) is 11.7 Å². The fourth-order valence-corrected chi connectivity index (χ4v) is 4.75. The molecule has 1 saturated heterocycles. The minimum Gasteiger partial charge on any atom is -0.354 e. The molecule has 0 aliphatic carbocycles. The lowest BCUT2D eigenvalue weighted by atomic mass is 9.98. The van der Waals surface area contributed by atoms with Crippen molar-refractivity contribution in [1.29, 1.82) is 0 Å². The number of nitrogens with two attached hydrogens (primary N) is 1. The Balaban J connectivity index is 0.00000280. The van der Waals surface area contributed by atoms with Gasteiger partial charge in [-0.3, -0.25) is 4.79 Å². The number of rotatable bonds is 6. The molecule has 1 fully saturated rings. The molecular formula is C20H26ClN3O3S. The molecule has 8 heteroatoms. The number of nitrogens with zero attached hydrogens (tertiary/aromatic N) is 1. The largest absolute Gasteiger partial charge is 0.354 e. The molecule has 1 atom stereocenters. The van der Waals surface area contributed by atoms with Crippen LogP contribution in [0.5, 0.6) is 0 Å². The number of halogens is 1. The number of carbonyl (C=O) groups is 1. The highest BCUT2D eigenvalue weighted by Crippen LogP contribution is 2.23. The molecule has 1 unspecified atom stereocenters. The van der Waals surface area contributed by atoms with Crippen LogP contribution in [0.2, 0.25) is 0 Å². The number of piperidine rings is 1. The molecule has 1 aliphatic rings. The summed E-state index contributed by atoms with van der Waals surface area (Å²) >= 11 is 0. The van der Waals surface area contributed by atoms with Crippen LogP contribution in [-0.4, -0.2) is 38.3 Å². The van der Waals surface area contributed by atoms with E-state index in [0.717, 1.165) is 5.56 Å². The number of nitrogens with one attached hydrogen (secondary N) is 1. The molecular weight excluding hydrogens is 398 g/mol. The van der Waals surface area contributed by atoms with Gasteiger partial charge in [0, 0.05) is 19.6 Å². The molecule has 6 nitrogen and oxygen atoms in total. The van der Waals surface area contributed by atoms with Crippen LogP contribution in [0.15, 0.2) is 65.6 Å². The first-order valence-electron chi connectivity index (χ1n) is 9.12. The molecule has 152 valence electrons. The highest BCUT2D eigenvalue weighted by molar-refractivity contribution is 7.89. The third-order valence-electron chi connectivity index (χ3n) is 4.96. The monoisotopic (exact) mass is 423 g/mol. The Kier molecular flexibility index (Phi) is 8.00. The van der Waals surface area contributed by atoms with Crippen molar-refractivity contribution in [3.05, 3.63) is 66.2 Å². The second kappa shape index (κ2) is 10.0. The number of sulfonamides is 1. The second-order valence-electron chi connectivity index (χ2n) is 6.79. The third kappa shape index (κ3) is 5.32. The van der Waals surface area contributed by atoms with Gasteiger partial charge in [-0.1, -0.05) is 48.5 Å². The van der Waals surface area contributed by atoms with Gasteiger partial charge in [-0.05, 0) is 36.5 Å². The quantitative estimate of drug-likeness (QED) is 0.745. The molecule has 0 aromatic heterocycles. The second-order valence-corrected chi connectivity index (χ2v) is 8.73. The summed E-state index contributed by atoms with van der Waals surface area (Å²) in [5, 5.41) is 2.90. The number of hydrogen-bond acceptors (Lipinski definition) is 4. The van der Waals surface area contributed by atoms with E-state index in [2.05, 4.69) is 5.32 Å². The summed E-state index contributed by atoms with van der Waals surface area (Å²) in [7, 11) is -3.44. The van der Waals surface area contributed by atoms with Gasteiger partial charge in [0.15, 0.2) is 0 Å². The zero-order chi connectivity index (χ0) is 19.3. The van der Waals surface area contributed by atoms with E-state index in [1.165, 1.54) is 4.31 Å². The van der Waals surface area contributed by atoms with E-state index in [4.69, 9.17) is 5.73 Å². The van der Waals surface area contributed by atoms with Crippen molar-refractivity contribution in [3.63, 3.8) is 0 Å². The Hall–Kier alpha value is -1.93. The molecule has 28 heavy (non-hydrogen) atoms. The minimum absolute atomic E-state index is 0. The van der Waals surface area contributed by atoms with Gasteiger partial charge in [-0.15, -0.1) is 12.4 Å². The molecule has 0 spiro atoms. The van der Waals surface area contributed by atoms with Crippen LogP contribution in [-0.2, 0) is 14.8 Å². The molecule has 2 aromatic rings. The maximum absolute atomic E-state index is 12.6. The molecule has 0 radical (unpaired) electrons. The van der Waals surface area contributed by atoms with Gasteiger partial charge in [0.05, 0.1) is 4.90 Å². The molecule has 1 aliphatic heterocycles. The van der Waals surface area contributed by atoms with Crippen LogP contribution in [0.4, 0.5) is 0 Å². The van der Waals surface area contributed by atoms with Crippen molar-refractivity contribution in [2.45, 2.75) is 23.8 Å². The van der Waals surface area contributed by atoms with Crippen molar-refractivity contribution in [3.8, 4) is 0 Å². The van der Waals surface area contributed by atoms with Gasteiger partial charge in [0.2, 0.25) is 15.9 Å². The average molecular weight is 424 g/mol. The summed E-state index contributed by atoms with van der Waals surface area (Å²) in [6.07, 6.45) is 1.43. The fraction of sp³-hybridized carbons (Fsp3) is 0.350. The van der Waals surface area contributed by atoms with E-state index in [1.807, 2.05) is 30.3 Å². The van der Waals surface area contributed by atoms with Crippen LogP contribution < -0.4 is 11.1 Å². The van der Waals surface area contributed by atoms with Gasteiger partial charge in [-0.25, -0.2) is 8.42 Å². The predicted octanol–water partition coefficient (Wildman–Crippen LogP) is 2.33. The molecule has 1 amide bonds. The van der Waals surface area contributed by atoms with Gasteiger partial charge < -0.3 is 11.1 Å². The number of benzene rings is 2. The zero-order valence-corrected chi connectivity index (χ0v) is 17.2. The number of amides is 1. The first-order chi connectivity index (χ1) is 13.0. The molecule has 0 saturated carbocycles. The topological polar surface area (TPSA) is 92.5 Å². The molecule has 0 bridgehead atoms. The summed E-state index contributed by atoms with van der Waals surface area (Å²) in [6, 6.07) is 17.0. The van der Waals surface area contributed by atoms with E-state index in [-0.39, 0.29) is 24.2 Å². The summed E-state index contributed by atoms with van der Waals surface area (Å²) in [5.41, 5.74) is 6.77. The first-order valence-corrected chi connectivity index (χ1v) is 10.6. The molecule has 1 heterocycles. The van der Waals surface area contributed by atoms with E-state index in [0.29, 0.717) is 37.4 Å². The van der Waals surface area contributed by atoms with Gasteiger partial charge >= 0.3 is 0 Å². The lowest BCUT2D eigenvalue weighted by Crippen LogP contribution is -2.43. The zero-order valence-electron chi connectivity index (χ0n) is 15.5. The lowest BCUT2D eigenvalue weighted by Gasteiger charge is -2.31. The first kappa shape index (κ1) is 22.4. The summed E-state index contributed by atoms with van der Waals surface area (Å²) in [6.45, 7) is 1.43. The number of hydrogen-bond donors (Lipinski definition) is 2. The van der Waals surface area contributed by atoms with Crippen LogP contribution in [0.25, 0.3) is 0 Å². The Morgan fingerprint density at radius 2 is 1.57 bits per heavy atom. The van der Waals surface area contributed by atoms with Gasteiger partial charge in [0.25, 0.3) is 0 Å². The standard InChI is InChI=1S/C20H25N3O3S.ClH/c21-19(17-7-3-1-4-8-17)20(24)22-15-16-11-13-23(14-12-16)27(25,26)18-9-5-2-6-10-18;/h1-10,16,19H,11-15,21H2,(H,22,24);1H. The summed E-state index contributed by atoms with van der Waals surface area (Å²) < 4.78 is 26.8. The normalized spacial score (nSPS) is 16.8. The Morgan fingerprint density at radius 1 is 1.04 bits per heavy atom. The molecule has 2 aromatic carbocycles. The van der Waals surface area contributed by atoms with Crippen LogP contribution in [0.3, 0.4) is 0 Å². The van der Waals surface area contributed by atoms with Gasteiger partial charge in [-0.2, -0.15) is 4.31 Å². The maximum Gasteiger partial charge on any atom is 0.243 e. The van der Waals surface area contributed by atoms with E-state index in [9.17, 15) is 13.2 Å². The van der Waals surface area contributed by atoms with Gasteiger partial charge in [0.1, 0.15) is 6.04 Å². The Bertz CT molecular complexity index is 855. The Labute approximate surface area is 172 Å². The van der Waals surface area contributed by atoms with Crippen molar-refractivity contribution >= 4 is 28.3 Å². The van der Waals surface area contributed by atoms with Crippen molar-refractivity contribution in [2.75, 3.05) is 19.6 Å². The van der Waals surface area contributed by atoms with Crippen LogP contribution in [0, 0.1) is 5.92 Å². The fourth-order valence-electron chi connectivity index (χ4n) is 3.26. The average Bonchev–Trinajstić information content (AvgIpc) is 2.73. The van der Waals surface area contributed by atoms with Crippen molar-refractivity contribution < 1.29 is 13.2 Å². The SMILES string of the molecule is Cl.NC(C(=O)NCC1CCN(S(=O)(=O)c2ccccc2)CC1)c1ccccc1. The predicted molar refractivity (Wildman–Crippen MR) is 112 cm³/mol. The maximum atomic E-state index is 12.6. The van der Waals surface area contributed by atoms with E-state index < -0.39 is 16.1 Å².